The summed E-state index contributed by atoms with van der Waals surface area (Å²) in [5, 5.41) is 2.80. The summed E-state index contributed by atoms with van der Waals surface area (Å²) in [4.78, 5) is 23.2. The number of methoxy groups -OCH3 is 1. The van der Waals surface area contributed by atoms with E-state index >= 15 is 0 Å². The molecule has 2 aromatic rings. The minimum Gasteiger partial charge on any atom is -0.468 e. The average Bonchev–Trinajstić information content (AvgIpc) is 2.71. The topological polar surface area (TPSA) is 114 Å². The molecule has 0 fully saturated rings. The first-order valence-electron chi connectivity index (χ1n) is 9.90. The lowest BCUT2D eigenvalue weighted by atomic mass is 9.87. The summed E-state index contributed by atoms with van der Waals surface area (Å²) in [6.07, 6.45) is 0. The van der Waals surface area contributed by atoms with Crippen LogP contribution < -0.4 is 14.8 Å². The van der Waals surface area contributed by atoms with Gasteiger partial charge in [0, 0.05) is 18.0 Å². The molecule has 0 radical (unpaired) electrons. The Balaban J connectivity index is 1.79. The number of hydrogen-bond donors (Lipinski definition) is 3. The maximum atomic E-state index is 12.0. The van der Waals surface area contributed by atoms with E-state index in [-0.39, 0.29) is 11.4 Å². The van der Waals surface area contributed by atoms with Gasteiger partial charge in [-0.25, -0.2) is 13.2 Å². The Labute approximate surface area is 193 Å². The molecule has 0 aliphatic carbocycles. The van der Waals surface area contributed by atoms with E-state index in [0.717, 1.165) is 18.2 Å². The van der Waals surface area contributed by atoms with E-state index in [2.05, 4.69) is 52.4 Å². The number of rotatable bonds is 9. The Bertz CT molecular complexity index is 1030. The summed E-state index contributed by atoms with van der Waals surface area (Å²) in [5.41, 5.74) is 3.45. The van der Waals surface area contributed by atoms with Crippen LogP contribution in [-0.2, 0) is 37.3 Å². The highest BCUT2D eigenvalue weighted by Gasteiger charge is 2.17. The maximum absolute atomic E-state index is 12.0. The van der Waals surface area contributed by atoms with Crippen molar-refractivity contribution in [1.82, 2.24) is 10.0 Å². The third-order valence-corrected chi connectivity index (χ3v) is 6.38. The maximum Gasteiger partial charge on any atom is 0.325 e. The number of esters is 1. The fourth-order valence-electron chi connectivity index (χ4n) is 2.68. The molecule has 0 unspecified atom stereocenters. The number of ether oxygens (including phenoxy) is 1. The molecule has 0 aromatic heterocycles. The molecule has 0 atom stereocenters. The standard InChI is InChI=1S/C22H29N3O5S2/c1-22(2,3)18-10-8-16(9-11-18)13-23-21(27)24-31-14-17-6-5-7-19(12-17)25-32(28,29)15-20(26)30-4/h5-12,25H,13-15H2,1-4H3,(H2,23,24,27). The number of hydrogen-bond acceptors (Lipinski definition) is 6. The molecular formula is C22H29N3O5S2. The fraction of sp³-hybridized carbons (Fsp3) is 0.364. The van der Waals surface area contributed by atoms with Crippen molar-refractivity contribution in [3.05, 3.63) is 65.2 Å². The SMILES string of the molecule is COC(=O)CS(=O)(=O)Nc1cccc(CSNC(=O)NCc2ccc(C(C)(C)C)cc2)c1. The lowest BCUT2D eigenvalue weighted by Crippen LogP contribution is -2.30. The first-order chi connectivity index (χ1) is 15.0. The largest absolute Gasteiger partial charge is 0.468 e. The van der Waals surface area contributed by atoms with Crippen molar-refractivity contribution >= 4 is 39.7 Å². The van der Waals surface area contributed by atoms with E-state index in [9.17, 15) is 18.0 Å². The number of amides is 2. The molecule has 8 nitrogen and oxygen atoms in total. The second-order valence-electron chi connectivity index (χ2n) is 8.16. The van der Waals surface area contributed by atoms with E-state index in [1.807, 2.05) is 18.2 Å². The molecule has 2 rings (SSSR count). The van der Waals surface area contributed by atoms with E-state index in [4.69, 9.17) is 0 Å². The highest BCUT2D eigenvalue weighted by atomic mass is 32.2. The third-order valence-electron chi connectivity index (χ3n) is 4.41. The summed E-state index contributed by atoms with van der Waals surface area (Å²) in [5.74, 6) is -1.17. The normalized spacial score (nSPS) is 11.5. The van der Waals surface area contributed by atoms with Crippen LogP contribution in [0.4, 0.5) is 10.5 Å². The molecule has 0 aliphatic heterocycles. The summed E-state index contributed by atoms with van der Waals surface area (Å²) < 4.78 is 33.3. The number of sulfonamides is 1. The van der Waals surface area contributed by atoms with Gasteiger partial charge < -0.3 is 10.1 Å². The fourth-order valence-corrected chi connectivity index (χ4v) is 4.29. The van der Waals surface area contributed by atoms with Gasteiger partial charge in [0.1, 0.15) is 0 Å². The highest BCUT2D eigenvalue weighted by molar-refractivity contribution is 7.97. The zero-order chi connectivity index (χ0) is 23.8. The van der Waals surface area contributed by atoms with Crippen LogP contribution in [-0.4, -0.2) is 33.3 Å². The van der Waals surface area contributed by atoms with Crippen LogP contribution >= 0.6 is 11.9 Å². The van der Waals surface area contributed by atoms with Crippen molar-refractivity contribution in [2.24, 2.45) is 0 Å². The van der Waals surface area contributed by atoms with Gasteiger partial charge >= 0.3 is 12.0 Å². The van der Waals surface area contributed by atoms with Crippen molar-refractivity contribution in [1.29, 1.82) is 0 Å². The Kier molecular flexibility index (Phi) is 8.97. The van der Waals surface area contributed by atoms with Crippen LogP contribution in [0, 0.1) is 0 Å². The van der Waals surface area contributed by atoms with Crippen molar-refractivity contribution < 1.29 is 22.7 Å². The number of urea groups is 1. The first kappa shape index (κ1) is 25.5. The zero-order valence-corrected chi connectivity index (χ0v) is 20.2. The number of anilines is 1. The second kappa shape index (κ2) is 11.2. The Morgan fingerprint density at radius 2 is 1.72 bits per heavy atom. The summed E-state index contributed by atoms with van der Waals surface area (Å²) in [7, 11) is -2.73. The lowest BCUT2D eigenvalue weighted by Gasteiger charge is -2.19. The number of carbonyl (C=O) groups is 2. The minimum absolute atomic E-state index is 0.0817. The molecule has 0 heterocycles. The second-order valence-corrected chi connectivity index (χ2v) is 10.7. The van der Waals surface area contributed by atoms with Crippen LogP contribution in [0.1, 0.15) is 37.5 Å². The molecule has 0 bridgehead atoms. The van der Waals surface area contributed by atoms with Crippen molar-refractivity contribution in [2.75, 3.05) is 17.6 Å². The Hall–Kier alpha value is -2.72. The summed E-state index contributed by atoms with van der Waals surface area (Å²) in [6, 6.07) is 14.5. The van der Waals surface area contributed by atoms with Gasteiger partial charge in [0.2, 0.25) is 10.0 Å². The monoisotopic (exact) mass is 479 g/mol. The Morgan fingerprint density at radius 1 is 1.03 bits per heavy atom. The van der Waals surface area contributed by atoms with Gasteiger partial charge in [-0.15, -0.1) is 0 Å². The van der Waals surface area contributed by atoms with Gasteiger partial charge in [-0.2, -0.15) is 0 Å². The van der Waals surface area contributed by atoms with Gasteiger partial charge in [-0.3, -0.25) is 14.2 Å². The summed E-state index contributed by atoms with van der Waals surface area (Å²) in [6.45, 7) is 6.86. The van der Waals surface area contributed by atoms with E-state index < -0.39 is 21.7 Å². The molecule has 2 aromatic carbocycles. The minimum atomic E-state index is -3.85. The average molecular weight is 480 g/mol. The van der Waals surface area contributed by atoms with E-state index in [1.54, 1.807) is 18.2 Å². The van der Waals surface area contributed by atoms with Gasteiger partial charge in [0.05, 0.1) is 7.11 Å². The molecule has 0 saturated carbocycles. The molecule has 0 saturated heterocycles. The highest BCUT2D eigenvalue weighted by Crippen LogP contribution is 2.22. The first-order valence-corrected chi connectivity index (χ1v) is 12.5. The smallest absolute Gasteiger partial charge is 0.325 e. The number of benzene rings is 2. The van der Waals surface area contributed by atoms with Gasteiger partial charge in [0.15, 0.2) is 5.75 Å². The van der Waals surface area contributed by atoms with Crippen molar-refractivity contribution in [3.63, 3.8) is 0 Å². The number of nitrogens with one attached hydrogen (secondary N) is 3. The van der Waals surface area contributed by atoms with Gasteiger partial charge in [0.25, 0.3) is 0 Å². The summed E-state index contributed by atoms with van der Waals surface area (Å²) >= 11 is 1.18. The molecular weight excluding hydrogens is 450 g/mol. The van der Waals surface area contributed by atoms with Crippen molar-refractivity contribution in [2.45, 2.75) is 38.5 Å². The van der Waals surface area contributed by atoms with E-state index in [1.165, 1.54) is 17.5 Å². The third kappa shape index (κ3) is 8.80. The van der Waals surface area contributed by atoms with Crippen LogP contribution in [0.25, 0.3) is 0 Å². The lowest BCUT2D eigenvalue weighted by molar-refractivity contribution is -0.137. The molecule has 174 valence electrons. The Morgan fingerprint density at radius 3 is 2.34 bits per heavy atom. The predicted molar refractivity (Wildman–Crippen MR) is 128 cm³/mol. The van der Waals surface area contributed by atoms with E-state index in [0.29, 0.717) is 18.0 Å². The molecule has 2 amide bonds. The molecule has 3 N–H and O–H groups in total. The number of carbonyl (C=O) groups excluding carboxylic acids is 2. The van der Waals surface area contributed by atoms with Crippen LogP contribution in [0.5, 0.6) is 0 Å². The van der Waals surface area contributed by atoms with Gasteiger partial charge in [-0.1, -0.05) is 57.2 Å². The zero-order valence-electron chi connectivity index (χ0n) is 18.6. The van der Waals surface area contributed by atoms with Crippen molar-refractivity contribution in [3.8, 4) is 0 Å². The molecule has 10 heteroatoms. The van der Waals surface area contributed by atoms with Crippen LogP contribution in [0.3, 0.4) is 0 Å². The van der Waals surface area contributed by atoms with Crippen LogP contribution in [0.2, 0.25) is 0 Å². The molecule has 32 heavy (non-hydrogen) atoms. The molecule has 0 aliphatic rings. The predicted octanol–water partition coefficient (Wildman–Crippen LogP) is 3.55. The van der Waals surface area contributed by atoms with Crippen LogP contribution in [0.15, 0.2) is 48.5 Å². The molecule has 0 spiro atoms. The quantitative estimate of drug-likeness (QED) is 0.374. The van der Waals surface area contributed by atoms with Gasteiger partial charge in [-0.05, 0) is 46.2 Å².